The molecule has 1 fully saturated rings. The minimum Gasteiger partial charge on any atom is -0.497 e. The summed E-state index contributed by atoms with van der Waals surface area (Å²) in [6.45, 7) is 10.5. The number of halogens is 1. The number of hydrogen-bond acceptors (Lipinski definition) is 3. The van der Waals surface area contributed by atoms with Gasteiger partial charge in [0.05, 0.1) is 13.7 Å². The fraction of sp³-hybridized carbons (Fsp3) is 0.619. The SMILES string of the molecule is CCNC(=NCC(C)(C)c1ccc(OC)cc1)NCCCN1CCCC1=O.I. The lowest BCUT2D eigenvalue weighted by atomic mass is 9.85. The first-order chi connectivity index (χ1) is 13.0. The molecule has 1 aromatic rings. The summed E-state index contributed by atoms with van der Waals surface area (Å²) in [4.78, 5) is 18.4. The molecular weight excluding hydrogens is 467 g/mol. The quantitative estimate of drug-likeness (QED) is 0.236. The van der Waals surface area contributed by atoms with Crippen molar-refractivity contribution in [2.75, 3.05) is 39.8 Å². The van der Waals surface area contributed by atoms with E-state index in [4.69, 9.17) is 9.73 Å². The molecule has 1 saturated heterocycles. The average molecular weight is 502 g/mol. The summed E-state index contributed by atoms with van der Waals surface area (Å²) >= 11 is 0. The zero-order chi connectivity index (χ0) is 19.7. The van der Waals surface area contributed by atoms with Gasteiger partial charge in [0.2, 0.25) is 5.91 Å². The predicted octanol–water partition coefficient (Wildman–Crippen LogP) is 3.16. The normalized spacial score (nSPS) is 14.6. The van der Waals surface area contributed by atoms with Crippen LogP contribution >= 0.6 is 24.0 Å². The number of carbonyl (C=O) groups is 1. The smallest absolute Gasteiger partial charge is 0.222 e. The number of likely N-dealkylation sites (tertiary alicyclic amines) is 1. The number of carbonyl (C=O) groups excluding carboxylic acids is 1. The van der Waals surface area contributed by atoms with Crippen LogP contribution in [0.15, 0.2) is 29.3 Å². The number of nitrogens with one attached hydrogen (secondary N) is 2. The Balaban J connectivity index is 0.00000392. The highest BCUT2D eigenvalue weighted by Gasteiger charge is 2.21. The van der Waals surface area contributed by atoms with Crippen LogP contribution in [0.25, 0.3) is 0 Å². The number of aliphatic imine (C=N–C) groups is 1. The van der Waals surface area contributed by atoms with E-state index in [1.807, 2.05) is 17.0 Å². The van der Waals surface area contributed by atoms with Crippen LogP contribution in [-0.4, -0.2) is 56.6 Å². The van der Waals surface area contributed by atoms with Crippen LogP contribution in [0, 0.1) is 0 Å². The number of rotatable bonds is 9. The monoisotopic (exact) mass is 502 g/mol. The number of benzene rings is 1. The van der Waals surface area contributed by atoms with E-state index in [-0.39, 0.29) is 35.3 Å². The van der Waals surface area contributed by atoms with Gasteiger partial charge in [-0.2, -0.15) is 0 Å². The van der Waals surface area contributed by atoms with Gasteiger partial charge in [-0.25, -0.2) is 0 Å². The average Bonchev–Trinajstić information content (AvgIpc) is 3.08. The molecule has 0 aromatic heterocycles. The second-order valence-electron chi connectivity index (χ2n) is 7.57. The second kappa shape index (κ2) is 12.1. The van der Waals surface area contributed by atoms with Crippen molar-refractivity contribution in [2.45, 2.75) is 45.4 Å². The minimum atomic E-state index is -0.0728. The molecule has 1 aliphatic heterocycles. The molecule has 28 heavy (non-hydrogen) atoms. The van der Waals surface area contributed by atoms with E-state index in [1.165, 1.54) is 5.56 Å². The van der Waals surface area contributed by atoms with Gasteiger partial charge in [0.1, 0.15) is 5.75 Å². The number of hydrogen-bond donors (Lipinski definition) is 2. The molecule has 0 atom stereocenters. The molecule has 2 rings (SSSR count). The number of ether oxygens (including phenoxy) is 1. The maximum Gasteiger partial charge on any atom is 0.222 e. The van der Waals surface area contributed by atoms with Gasteiger partial charge in [0.15, 0.2) is 5.96 Å². The standard InChI is InChI=1S/C21H34N4O2.HI/c1-5-22-20(23-13-7-15-25-14-6-8-19(25)26)24-16-21(2,3)17-9-11-18(27-4)12-10-17;/h9-12H,5-8,13-16H2,1-4H3,(H2,22,23,24);1H. The fourth-order valence-corrected chi connectivity index (χ4v) is 3.17. The minimum absolute atomic E-state index is 0. The molecule has 2 N–H and O–H groups in total. The molecule has 0 aliphatic carbocycles. The Morgan fingerprint density at radius 2 is 1.96 bits per heavy atom. The highest BCUT2D eigenvalue weighted by Crippen LogP contribution is 2.25. The molecule has 158 valence electrons. The second-order valence-corrected chi connectivity index (χ2v) is 7.57. The maximum atomic E-state index is 11.7. The van der Waals surface area contributed by atoms with Crippen LogP contribution in [0.5, 0.6) is 5.75 Å². The molecule has 1 amide bonds. The Hall–Kier alpha value is -1.51. The molecular formula is C21H35IN4O2. The van der Waals surface area contributed by atoms with Crippen molar-refractivity contribution in [3.8, 4) is 5.75 Å². The zero-order valence-corrected chi connectivity index (χ0v) is 19.9. The molecule has 6 nitrogen and oxygen atoms in total. The Labute approximate surface area is 186 Å². The van der Waals surface area contributed by atoms with Crippen molar-refractivity contribution in [3.63, 3.8) is 0 Å². The topological polar surface area (TPSA) is 66.0 Å². The predicted molar refractivity (Wildman–Crippen MR) is 126 cm³/mol. The molecule has 1 aromatic carbocycles. The van der Waals surface area contributed by atoms with E-state index in [1.54, 1.807) is 7.11 Å². The zero-order valence-electron chi connectivity index (χ0n) is 17.6. The van der Waals surface area contributed by atoms with E-state index in [9.17, 15) is 4.79 Å². The van der Waals surface area contributed by atoms with Gasteiger partial charge in [-0.15, -0.1) is 24.0 Å². The van der Waals surface area contributed by atoms with Crippen LogP contribution in [0.4, 0.5) is 0 Å². The molecule has 1 aliphatic rings. The van der Waals surface area contributed by atoms with E-state index >= 15 is 0 Å². The lowest BCUT2D eigenvalue weighted by Crippen LogP contribution is -2.40. The lowest BCUT2D eigenvalue weighted by molar-refractivity contribution is -0.127. The van der Waals surface area contributed by atoms with Crippen LogP contribution in [0.3, 0.4) is 0 Å². The summed E-state index contributed by atoms with van der Waals surface area (Å²) in [7, 11) is 1.68. The number of guanidine groups is 1. The largest absolute Gasteiger partial charge is 0.497 e. The molecule has 0 spiro atoms. The van der Waals surface area contributed by atoms with Gasteiger partial charge in [0.25, 0.3) is 0 Å². The molecule has 0 saturated carbocycles. The Morgan fingerprint density at radius 1 is 1.25 bits per heavy atom. The van der Waals surface area contributed by atoms with Gasteiger partial charge in [-0.3, -0.25) is 9.79 Å². The van der Waals surface area contributed by atoms with Crippen LogP contribution in [0.1, 0.15) is 45.6 Å². The van der Waals surface area contributed by atoms with E-state index < -0.39 is 0 Å². The summed E-state index contributed by atoms with van der Waals surface area (Å²) in [5.74, 6) is 1.98. The van der Waals surface area contributed by atoms with Gasteiger partial charge in [0, 0.05) is 38.0 Å². The van der Waals surface area contributed by atoms with Crippen molar-refractivity contribution in [1.29, 1.82) is 0 Å². The summed E-state index contributed by atoms with van der Waals surface area (Å²) < 4.78 is 5.24. The Bertz CT molecular complexity index is 632. The third kappa shape index (κ3) is 7.48. The van der Waals surface area contributed by atoms with Crippen molar-refractivity contribution in [2.24, 2.45) is 4.99 Å². The van der Waals surface area contributed by atoms with Crippen LogP contribution in [-0.2, 0) is 10.2 Å². The van der Waals surface area contributed by atoms with Crippen molar-refractivity contribution in [1.82, 2.24) is 15.5 Å². The highest BCUT2D eigenvalue weighted by atomic mass is 127. The third-order valence-corrected chi connectivity index (χ3v) is 4.92. The van der Waals surface area contributed by atoms with Crippen molar-refractivity contribution >= 4 is 35.8 Å². The van der Waals surface area contributed by atoms with Crippen molar-refractivity contribution in [3.05, 3.63) is 29.8 Å². The molecule has 0 radical (unpaired) electrons. The Kier molecular flexibility index (Phi) is 10.6. The van der Waals surface area contributed by atoms with Gasteiger partial charge < -0.3 is 20.3 Å². The summed E-state index contributed by atoms with van der Waals surface area (Å²) in [6.07, 6.45) is 2.63. The molecule has 1 heterocycles. The van der Waals surface area contributed by atoms with E-state index in [0.717, 1.165) is 50.7 Å². The highest BCUT2D eigenvalue weighted by molar-refractivity contribution is 14.0. The first-order valence-electron chi connectivity index (χ1n) is 9.91. The molecule has 0 bridgehead atoms. The number of methoxy groups -OCH3 is 1. The van der Waals surface area contributed by atoms with E-state index in [0.29, 0.717) is 13.0 Å². The van der Waals surface area contributed by atoms with E-state index in [2.05, 4.69) is 43.5 Å². The first-order valence-corrected chi connectivity index (χ1v) is 9.91. The van der Waals surface area contributed by atoms with Crippen LogP contribution < -0.4 is 15.4 Å². The number of nitrogens with zero attached hydrogens (tertiary/aromatic N) is 2. The van der Waals surface area contributed by atoms with Gasteiger partial charge in [-0.05, 0) is 37.5 Å². The summed E-state index contributed by atoms with van der Waals surface area (Å²) in [6, 6.07) is 8.18. The first kappa shape index (κ1) is 24.5. The lowest BCUT2D eigenvalue weighted by Gasteiger charge is -2.24. The van der Waals surface area contributed by atoms with Gasteiger partial charge >= 0.3 is 0 Å². The van der Waals surface area contributed by atoms with Crippen LogP contribution in [0.2, 0.25) is 0 Å². The fourth-order valence-electron chi connectivity index (χ4n) is 3.17. The summed E-state index contributed by atoms with van der Waals surface area (Å²) in [5, 5.41) is 6.68. The third-order valence-electron chi connectivity index (χ3n) is 4.92. The summed E-state index contributed by atoms with van der Waals surface area (Å²) in [5.41, 5.74) is 1.16. The van der Waals surface area contributed by atoms with Gasteiger partial charge in [-0.1, -0.05) is 26.0 Å². The molecule has 0 unspecified atom stereocenters. The Morgan fingerprint density at radius 3 is 2.54 bits per heavy atom. The maximum absolute atomic E-state index is 11.7. The van der Waals surface area contributed by atoms with Crippen molar-refractivity contribution < 1.29 is 9.53 Å². The number of amides is 1. The molecule has 7 heteroatoms.